The number of rotatable bonds is 3. The second-order valence-electron chi connectivity index (χ2n) is 4.37. The Kier molecular flexibility index (Phi) is 4.23. The van der Waals surface area contributed by atoms with Gasteiger partial charge in [0.15, 0.2) is 4.67 Å². The third-order valence-electron chi connectivity index (χ3n) is 3.16. The van der Waals surface area contributed by atoms with E-state index in [0.717, 1.165) is 18.2 Å². The summed E-state index contributed by atoms with van der Waals surface area (Å²) in [5.41, 5.74) is 0.455. The zero-order valence-electron chi connectivity index (χ0n) is 10.9. The summed E-state index contributed by atoms with van der Waals surface area (Å²) in [6.07, 6.45) is 1.37. The minimum absolute atomic E-state index is 0.125. The number of benzene rings is 1. The average Bonchev–Trinajstić information content (AvgIpc) is 2.85. The van der Waals surface area contributed by atoms with Gasteiger partial charge < -0.3 is 9.32 Å². The summed E-state index contributed by atoms with van der Waals surface area (Å²) in [4.78, 5) is 13.6. The molecule has 0 aliphatic heterocycles. The molecule has 0 bridgehead atoms. The summed E-state index contributed by atoms with van der Waals surface area (Å²) in [7, 11) is 1.52. The molecule has 1 amide bonds. The number of amides is 1. The van der Waals surface area contributed by atoms with E-state index in [9.17, 15) is 13.6 Å². The fraction of sp³-hybridized carbons (Fsp3) is 0.214. The summed E-state index contributed by atoms with van der Waals surface area (Å²) >= 11 is 3.12. The second-order valence-corrected chi connectivity index (χ2v) is 5.09. The molecule has 1 aromatic carbocycles. The van der Waals surface area contributed by atoms with Gasteiger partial charge in [-0.05, 0) is 47.1 Å². The molecule has 0 spiro atoms. The van der Waals surface area contributed by atoms with Crippen molar-refractivity contribution in [3.63, 3.8) is 0 Å². The van der Waals surface area contributed by atoms with Crippen LogP contribution in [0.4, 0.5) is 8.78 Å². The summed E-state index contributed by atoms with van der Waals surface area (Å²) < 4.78 is 32.3. The van der Waals surface area contributed by atoms with Crippen LogP contribution in [0.1, 0.15) is 28.9 Å². The first-order chi connectivity index (χ1) is 9.41. The SMILES string of the molecule is CC(c1cc(F)ccc1F)N(C)C(=O)c1ccoc1Br. The Morgan fingerprint density at radius 1 is 1.35 bits per heavy atom. The molecule has 0 aliphatic carbocycles. The molecule has 106 valence electrons. The quantitative estimate of drug-likeness (QED) is 0.838. The molecule has 0 N–H and O–H groups in total. The summed E-state index contributed by atoms with van der Waals surface area (Å²) in [5.74, 6) is -1.44. The third-order valence-corrected chi connectivity index (χ3v) is 3.77. The summed E-state index contributed by atoms with van der Waals surface area (Å²) in [6, 6.07) is 4.08. The van der Waals surface area contributed by atoms with E-state index in [1.165, 1.54) is 24.3 Å². The van der Waals surface area contributed by atoms with E-state index < -0.39 is 17.7 Å². The number of hydrogen-bond acceptors (Lipinski definition) is 2. The van der Waals surface area contributed by atoms with Gasteiger partial charge in [-0.25, -0.2) is 8.78 Å². The van der Waals surface area contributed by atoms with Crippen molar-refractivity contribution >= 4 is 21.8 Å². The number of carbonyl (C=O) groups excluding carboxylic acids is 1. The molecule has 3 nitrogen and oxygen atoms in total. The van der Waals surface area contributed by atoms with Crippen LogP contribution in [-0.2, 0) is 0 Å². The van der Waals surface area contributed by atoms with E-state index in [-0.39, 0.29) is 11.5 Å². The summed E-state index contributed by atoms with van der Waals surface area (Å²) in [6.45, 7) is 1.63. The normalized spacial score (nSPS) is 12.2. The van der Waals surface area contributed by atoms with Crippen LogP contribution in [0.3, 0.4) is 0 Å². The molecule has 0 aliphatic rings. The van der Waals surface area contributed by atoms with Crippen molar-refractivity contribution in [3.8, 4) is 0 Å². The standard InChI is InChI=1S/C14H12BrF2NO2/c1-8(11-7-9(16)3-4-12(11)17)18(2)14(19)10-5-6-20-13(10)15/h3-8H,1-2H3. The van der Waals surface area contributed by atoms with Gasteiger partial charge in [0.2, 0.25) is 0 Å². The highest BCUT2D eigenvalue weighted by Gasteiger charge is 2.24. The predicted molar refractivity (Wildman–Crippen MR) is 73.3 cm³/mol. The molecule has 1 heterocycles. The highest BCUT2D eigenvalue weighted by Crippen LogP contribution is 2.26. The van der Waals surface area contributed by atoms with Crippen LogP contribution in [0, 0.1) is 11.6 Å². The average molecular weight is 344 g/mol. The fourth-order valence-corrected chi connectivity index (χ4v) is 2.27. The molecule has 2 rings (SSSR count). The first-order valence-corrected chi connectivity index (χ1v) is 6.66. The smallest absolute Gasteiger partial charge is 0.258 e. The Balaban J connectivity index is 2.29. The van der Waals surface area contributed by atoms with E-state index in [1.807, 2.05) is 0 Å². The van der Waals surface area contributed by atoms with Crippen molar-refractivity contribution in [1.29, 1.82) is 0 Å². The van der Waals surface area contributed by atoms with Crippen LogP contribution in [-0.4, -0.2) is 17.9 Å². The maximum atomic E-state index is 13.7. The molecular weight excluding hydrogens is 332 g/mol. The number of halogens is 3. The number of hydrogen-bond donors (Lipinski definition) is 0. The molecule has 0 saturated carbocycles. The molecule has 0 saturated heterocycles. The lowest BCUT2D eigenvalue weighted by molar-refractivity contribution is 0.0738. The van der Waals surface area contributed by atoms with E-state index in [0.29, 0.717) is 10.2 Å². The number of carbonyl (C=O) groups is 1. The minimum Gasteiger partial charge on any atom is -0.457 e. The Morgan fingerprint density at radius 2 is 2.05 bits per heavy atom. The molecular formula is C14H12BrF2NO2. The lowest BCUT2D eigenvalue weighted by atomic mass is 10.1. The molecule has 0 fully saturated rings. The van der Waals surface area contributed by atoms with Crippen molar-refractivity contribution in [2.75, 3.05) is 7.05 Å². The largest absolute Gasteiger partial charge is 0.457 e. The van der Waals surface area contributed by atoms with Crippen molar-refractivity contribution in [3.05, 3.63) is 58.0 Å². The van der Waals surface area contributed by atoms with Gasteiger partial charge in [0.05, 0.1) is 17.9 Å². The first-order valence-electron chi connectivity index (χ1n) is 5.87. The molecule has 6 heteroatoms. The summed E-state index contributed by atoms with van der Waals surface area (Å²) in [5, 5.41) is 0. The van der Waals surface area contributed by atoms with Crippen LogP contribution in [0.5, 0.6) is 0 Å². The van der Waals surface area contributed by atoms with Crippen LogP contribution in [0.15, 0.2) is 39.6 Å². The Labute approximate surface area is 123 Å². The van der Waals surface area contributed by atoms with Gasteiger partial charge in [-0.2, -0.15) is 0 Å². The van der Waals surface area contributed by atoms with E-state index in [4.69, 9.17) is 4.42 Å². The molecule has 1 aromatic heterocycles. The van der Waals surface area contributed by atoms with Crippen molar-refractivity contribution in [1.82, 2.24) is 4.90 Å². The lowest BCUT2D eigenvalue weighted by Crippen LogP contribution is -2.30. The highest BCUT2D eigenvalue weighted by molar-refractivity contribution is 9.10. The Hall–Kier alpha value is -1.69. The van der Waals surface area contributed by atoms with Gasteiger partial charge in [0.25, 0.3) is 5.91 Å². The van der Waals surface area contributed by atoms with Gasteiger partial charge in [-0.15, -0.1) is 0 Å². The van der Waals surface area contributed by atoms with Crippen LogP contribution >= 0.6 is 15.9 Å². The monoisotopic (exact) mass is 343 g/mol. The molecule has 20 heavy (non-hydrogen) atoms. The van der Waals surface area contributed by atoms with Crippen molar-refractivity contribution in [2.24, 2.45) is 0 Å². The second kappa shape index (κ2) is 5.75. The van der Waals surface area contributed by atoms with Crippen LogP contribution in [0.2, 0.25) is 0 Å². The maximum absolute atomic E-state index is 13.7. The maximum Gasteiger partial charge on any atom is 0.258 e. The van der Waals surface area contributed by atoms with E-state index in [1.54, 1.807) is 6.92 Å². The zero-order valence-corrected chi connectivity index (χ0v) is 12.4. The minimum atomic E-state index is -0.611. The first kappa shape index (κ1) is 14.7. The third kappa shape index (κ3) is 2.75. The van der Waals surface area contributed by atoms with Gasteiger partial charge in [-0.1, -0.05) is 0 Å². The lowest BCUT2D eigenvalue weighted by Gasteiger charge is -2.25. The Bertz CT molecular complexity index is 642. The Morgan fingerprint density at radius 3 is 2.65 bits per heavy atom. The topological polar surface area (TPSA) is 33.5 Å². The van der Waals surface area contributed by atoms with Crippen LogP contribution < -0.4 is 0 Å². The molecule has 1 atom stereocenters. The fourth-order valence-electron chi connectivity index (χ4n) is 1.86. The molecule has 2 aromatic rings. The van der Waals surface area contributed by atoms with Gasteiger partial charge in [0, 0.05) is 12.6 Å². The van der Waals surface area contributed by atoms with Crippen molar-refractivity contribution < 1.29 is 18.0 Å². The van der Waals surface area contributed by atoms with Gasteiger partial charge >= 0.3 is 0 Å². The zero-order chi connectivity index (χ0) is 14.9. The predicted octanol–water partition coefficient (Wildman–Crippen LogP) is 4.15. The van der Waals surface area contributed by atoms with Gasteiger partial charge in [0.1, 0.15) is 11.6 Å². The highest BCUT2D eigenvalue weighted by atomic mass is 79.9. The number of furan rings is 1. The van der Waals surface area contributed by atoms with E-state index in [2.05, 4.69) is 15.9 Å². The molecule has 0 radical (unpaired) electrons. The van der Waals surface area contributed by atoms with Crippen LogP contribution in [0.25, 0.3) is 0 Å². The van der Waals surface area contributed by atoms with E-state index >= 15 is 0 Å². The van der Waals surface area contributed by atoms with Gasteiger partial charge in [-0.3, -0.25) is 4.79 Å². The molecule has 1 unspecified atom stereocenters. The number of nitrogens with zero attached hydrogens (tertiary/aromatic N) is 1. The van der Waals surface area contributed by atoms with Crippen molar-refractivity contribution in [2.45, 2.75) is 13.0 Å².